The molecule has 0 radical (unpaired) electrons. The maximum Gasteiger partial charge on any atom is 0.180 e. The maximum absolute atomic E-state index is 13.6. The fourth-order valence-corrected chi connectivity index (χ4v) is 2.68. The van der Waals surface area contributed by atoms with Crippen molar-refractivity contribution in [3.8, 4) is 11.1 Å². The number of aryl methyl sites for hydroxylation is 1. The van der Waals surface area contributed by atoms with Crippen molar-refractivity contribution in [2.75, 3.05) is 0 Å². The van der Waals surface area contributed by atoms with Gasteiger partial charge in [0.2, 0.25) is 0 Å². The second-order valence-corrected chi connectivity index (χ2v) is 5.44. The number of nitrogens with zero attached hydrogens (tertiary/aromatic N) is 4. The Morgan fingerprint density at radius 3 is 2.54 bits per heavy atom. The summed E-state index contributed by atoms with van der Waals surface area (Å²) in [5, 5.41) is 4.70. The molecule has 0 aliphatic carbocycles. The molecule has 7 heteroatoms. The van der Waals surface area contributed by atoms with Crippen LogP contribution < -0.4 is 0 Å². The van der Waals surface area contributed by atoms with E-state index in [4.69, 9.17) is 0 Å². The van der Waals surface area contributed by atoms with Crippen molar-refractivity contribution in [3.05, 3.63) is 41.6 Å². The lowest BCUT2D eigenvalue weighted by Gasteiger charge is -2.07. The van der Waals surface area contributed by atoms with Gasteiger partial charge in [0.15, 0.2) is 5.78 Å². The topological polar surface area (TPSA) is 77.7 Å². The predicted octanol–water partition coefficient (Wildman–Crippen LogP) is 2.67. The van der Waals surface area contributed by atoms with Gasteiger partial charge in [-0.3, -0.25) is 9.48 Å². The van der Waals surface area contributed by atoms with Crippen LogP contribution in [0.3, 0.4) is 0 Å². The molecule has 3 rings (SSSR count). The van der Waals surface area contributed by atoms with E-state index in [1.165, 1.54) is 11.6 Å². The molecule has 0 saturated carbocycles. The lowest BCUT2D eigenvalue weighted by atomic mass is 10.0. The third-order valence-corrected chi connectivity index (χ3v) is 3.76. The molecule has 122 valence electrons. The van der Waals surface area contributed by atoms with E-state index in [0.29, 0.717) is 34.1 Å². The van der Waals surface area contributed by atoms with Crippen molar-refractivity contribution < 1.29 is 14.0 Å². The standard InChI is InChI=1S/C17H15FN4O2/c1-10(24)16-15-6-12(14-8-19-11(2)20-9-14)5-13(7-18)17(15)22(21-16)3-4-23/h4-6,8-9H,3,7H2,1-2H3. The van der Waals surface area contributed by atoms with E-state index >= 15 is 0 Å². The minimum absolute atomic E-state index is 0.0379. The van der Waals surface area contributed by atoms with Crippen LogP contribution in [0, 0.1) is 6.92 Å². The fraction of sp³-hybridized carbons (Fsp3) is 0.235. The van der Waals surface area contributed by atoms with Crippen molar-refractivity contribution >= 4 is 23.0 Å². The average Bonchev–Trinajstić information content (AvgIpc) is 2.94. The highest BCUT2D eigenvalue weighted by Gasteiger charge is 2.18. The second-order valence-electron chi connectivity index (χ2n) is 5.44. The van der Waals surface area contributed by atoms with E-state index in [-0.39, 0.29) is 18.0 Å². The normalized spacial score (nSPS) is 11.0. The Bertz CT molecular complexity index is 932. The molecule has 0 saturated heterocycles. The molecule has 1 aromatic carbocycles. The third kappa shape index (κ3) is 2.68. The van der Waals surface area contributed by atoms with Gasteiger partial charge < -0.3 is 4.79 Å². The molecule has 0 aliphatic rings. The number of carbonyl (C=O) groups is 2. The van der Waals surface area contributed by atoms with E-state index in [1.54, 1.807) is 31.5 Å². The number of fused-ring (bicyclic) bond motifs is 1. The van der Waals surface area contributed by atoms with E-state index in [2.05, 4.69) is 15.1 Å². The molecule has 2 aromatic heterocycles. The van der Waals surface area contributed by atoms with Gasteiger partial charge in [-0.15, -0.1) is 0 Å². The minimum Gasteiger partial charge on any atom is -0.301 e. The van der Waals surface area contributed by atoms with Crippen molar-refractivity contribution in [1.29, 1.82) is 0 Å². The minimum atomic E-state index is -0.737. The Labute approximate surface area is 137 Å². The zero-order valence-electron chi connectivity index (χ0n) is 13.3. The number of Topliss-reactive ketones (excluding diaryl/α,β-unsaturated/α-hetero) is 1. The van der Waals surface area contributed by atoms with Gasteiger partial charge in [-0.2, -0.15) is 5.10 Å². The van der Waals surface area contributed by atoms with Crippen molar-refractivity contribution in [1.82, 2.24) is 19.7 Å². The number of aldehydes is 1. The Morgan fingerprint density at radius 1 is 1.25 bits per heavy atom. The Morgan fingerprint density at radius 2 is 1.96 bits per heavy atom. The quantitative estimate of drug-likeness (QED) is 0.532. The van der Waals surface area contributed by atoms with E-state index < -0.39 is 6.67 Å². The van der Waals surface area contributed by atoms with Crippen LogP contribution in [0.25, 0.3) is 22.0 Å². The first-order valence-corrected chi connectivity index (χ1v) is 7.38. The fourth-order valence-electron chi connectivity index (χ4n) is 2.68. The van der Waals surface area contributed by atoms with Crippen LogP contribution in [0.15, 0.2) is 24.5 Å². The summed E-state index contributed by atoms with van der Waals surface area (Å²) in [7, 11) is 0. The molecule has 2 heterocycles. The molecular weight excluding hydrogens is 311 g/mol. The summed E-state index contributed by atoms with van der Waals surface area (Å²) in [6, 6.07) is 3.43. The Kier molecular flexibility index (Phi) is 4.16. The summed E-state index contributed by atoms with van der Waals surface area (Å²) in [5.41, 5.74) is 2.46. The first-order chi connectivity index (χ1) is 11.5. The summed E-state index contributed by atoms with van der Waals surface area (Å²) in [5.74, 6) is 0.389. The Hall–Kier alpha value is -2.96. The van der Waals surface area contributed by atoms with Crippen molar-refractivity contribution in [2.45, 2.75) is 27.1 Å². The number of benzene rings is 1. The van der Waals surface area contributed by atoms with Crippen LogP contribution in [0.5, 0.6) is 0 Å². The molecule has 24 heavy (non-hydrogen) atoms. The van der Waals surface area contributed by atoms with Gasteiger partial charge in [-0.1, -0.05) is 0 Å². The lowest BCUT2D eigenvalue weighted by molar-refractivity contribution is -0.108. The van der Waals surface area contributed by atoms with Crippen LogP contribution in [-0.4, -0.2) is 31.8 Å². The molecule has 0 amide bonds. The van der Waals surface area contributed by atoms with Crippen LogP contribution in [0.1, 0.15) is 28.8 Å². The highest BCUT2D eigenvalue weighted by Crippen LogP contribution is 2.30. The molecule has 3 aromatic rings. The summed E-state index contributed by atoms with van der Waals surface area (Å²) < 4.78 is 15.0. The number of alkyl halides is 1. The molecular formula is C17H15FN4O2. The van der Waals surface area contributed by atoms with Crippen LogP contribution in [0.2, 0.25) is 0 Å². The number of aromatic nitrogens is 4. The molecule has 0 bridgehead atoms. The Balaban J connectivity index is 2.31. The number of carbonyl (C=O) groups excluding carboxylic acids is 2. The molecule has 0 N–H and O–H groups in total. The molecule has 6 nitrogen and oxygen atoms in total. The van der Waals surface area contributed by atoms with E-state index in [9.17, 15) is 14.0 Å². The number of rotatable bonds is 5. The van der Waals surface area contributed by atoms with Crippen molar-refractivity contribution in [2.24, 2.45) is 0 Å². The van der Waals surface area contributed by atoms with Gasteiger partial charge in [-0.25, -0.2) is 14.4 Å². The molecule has 0 aliphatic heterocycles. The average molecular weight is 326 g/mol. The zero-order chi connectivity index (χ0) is 17.3. The summed E-state index contributed by atoms with van der Waals surface area (Å²) in [6.07, 6.45) is 3.96. The zero-order valence-corrected chi connectivity index (χ0v) is 13.3. The largest absolute Gasteiger partial charge is 0.301 e. The monoisotopic (exact) mass is 326 g/mol. The number of halogens is 1. The predicted molar refractivity (Wildman–Crippen MR) is 86.4 cm³/mol. The van der Waals surface area contributed by atoms with E-state index in [0.717, 1.165) is 5.56 Å². The first-order valence-electron chi connectivity index (χ1n) is 7.38. The highest BCUT2D eigenvalue weighted by molar-refractivity contribution is 6.06. The number of ketones is 1. The molecule has 0 unspecified atom stereocenters. The van der Waals surface area contributed by atoms with Gasteiger partial charge in [0.05, 0.1) is 12.1 Å². The molecule has 0 atom stereocenters. The second kappa shape index (κ2) is 6.27. The van der Waals surface area contributed by atoms with E-state index in [1.807, 2.05) is 0 Å². The van der Waals surface area contributed by atoms with Crippen molar-refractivity contribution in [3.63, 3.8) is 0 Å². The highest BCUT2D eigenvalue weighted by atomic mass is 19.1. The molecule has 0 spiro atoms. The lowest BCUT2D eigenvalue weighted by Crippen LogP contribution is -2.04. The SMILES string of the molecule is CC(=O)c1nn(CC=O)c2c(CF)cc(-c3cnc(C)nc3)cc12. The third-order valence-electron chi connectivity index (χ3n) is 3.76. The van der Waals surface area contributed by atoms with Gasteiger partial charge in [-0.05, 0) is 24.6 Å². The van der Waals surface area contributed by atoms with Crippen LogP contribution in [-0.2, 0) is 18.0 Å². The number of hydrogen-bond donors (Lipinski definition) is 0. The summed E-state index contributed by atoms with van der Waals surface area (Å²) >= 11 is 0. The maximum atomic E-state index is 13.6. The van der Waals surface area contributed by atoms with Gasteiger partial charge in [0.1, 0.15) is 24.5 Å². The number of hydrogen-bond acceptors (Lipinski definition) is 5. The summed E-state index contributed by atoms with van der Waals surface area (Å²) in [4.78, 5) is 31.0. The van der Waals surface area contributed by atoms with Crippen LogP contribution in [0.4, 0.5) is 4.39 Å². The van der Waals surface area contributed by atoms with Gasteiger partial charge in [0, 0.05) is 35.8 Å². The summed E-state index contributed by atoms with van der Waals surface area (Å²) in [6.45, 7) is 2.39. The van der Waals surface area contributed by atoms with Gasteiger partial charge in [0.25, 0.3) is 0 Å². The smallest absolute Gasteiger partial charge is 0.180 e. The molecule has 0 fully saturated rings. The van der Waals surface area contributed by atoms with Crippen LogP contribution >= 0.6 is 0 Å². The first kappa shape index (κ1) is 15.9. The van der Waals surface area contributed by atoms with Gasteiger partial charge >= 0.3 is 0 Å².